The van der Waals surface area contributed by atoms with Crippen LogP contribution >= 0.6 is 23.1 Å². The molecule has 2 aliphatic rings. The number of nitrogens with zero attached hydrogens (tertiary/aromatic N) is 2. The van der Waals surface area contributed by atoms with Crippen molar-refractivity contribution in [1.82, 2.24) is 4.57 Å². The van der Waals surface area contributed by atoms with Crippen molar-refractivity contribution < 1.29 is 19.1 Å². The number of benzene rings is 3. The highest BCUT2D eigenvalue weighted by molar-refractivity contribution is 8.00. The minimum atomic E-state index is -0.744. The molecule has 4 aromatic rings. The number of para-hydroxylation sites is 2. The Kier molecular flexibility index (Phi) is 6.81. The number of carbonyl (C=O) groups is 3. The number of aromatic nitrogens is 1. The molecular weight excluding hydrogens is 546 g/mol. The molecule has 3 atom stereocenters. The predicted molar refractivity (Wildman–Crippen MR) is 155 cm³/mol. The lowest BCUT2D eigenvalue weighted by atomic mass is 9.83. The number of fused-ring (bicyclic) bond motifs is 2. The van der Waals surface area contributed by atoms with Gasteiger partial charge in [0.05, 0.1) is 23.7 Å². The van der Waals surface area contributed by atoms with Gasteiger partial charge in [-0.15, -0.1) is 0 Å². The Morgan fingerprint density at radius 2 is 1.62 bits per heavy atom. The van der Waals surface area contributed by atoms with Crippen LogP contribution in [-0.4, -0.2) is 34.6 Å². The van der Waals surface area contributed by atoms with E-state index in [0.717, 1.165) is 22.5 Å². The highest BCUT2D eigenvalue weighted by Crippen LogP contribution is 2.54. The second-order valence-electron chi connectivity index (χ2n) is 9.65. The van der Waals surface area contributed by atoms with E-state index in [1.165, 1.54) is 21.2 Å². The molecule has 1 N–H and O–H groups in total. The zero-order chi connectivity index (χ0) is 28.0. The van der Waals surface area contributed by atoms with E-state index in [-0.39, 0.29) is 29.1 Å². The Labute approximate surface area is 238 Å². The van der Waals surface area contributed by atoms with Crippen LogP contribution in [0, 0.1) is 12.8 Å². The van der Waals surface area contributed by atoms with Crippen LogP contribution in [0.15, 0.2) is 88.7 Å². The van der Waals surface area contributed by atoms with Crippen molar-refractivity contribution in [3.63, 3.8) is 0 Å². The van der Waals surface area contributed by atoms with Crippen LogP contribution in [0.3, 0.4) is 0 Å². The summed E-state index contributed by atoms with van der Waals surface area (Å²) >= 11 is 2.22. The topological polar surface area (TPSA) is 97.7 Å². The van der Waals surface area contributed by atoms with Gasteiger partial charge in [-0.2, -0.15) is 0 Å². The van der Waals surface area contributed by atoms with Gasteiger partial charge in [0.1, 0.15) is 17.5 Å². The number of anilines is 2. The molecule has 202 valence electrons. The SMILES string of the molecule is COc1ccc([C@H]2c3sc(=O)n(CC(=O)Nc4ccccc4C)c3SC3C(=O)N(c4ccccc4)C(=O)C32)cc1. The van der Waals surface area contributed by atoms with Crippen molar-refractivity contribution in [1.29, 1.82) is 0 Å². The van der Waals surface area contributed by atoms with Gasteiger partial charge in [0.25, 0.3) is 0 Å². The molecule has 3 aromatic carbocycles. The minimum Gasteiger partial charge on any atom is -0.497 e. The molecular formula is C30H25N3O5S2. The quantitative estimate of drug-likeness (QED) is 0.338. The maximum Gasteiger partial charge on any atom is 0.308 e. The van der Waals surface area contributed by atoms with Gasteiger partial charge in [0, 0.05) is 16.5 Å². The fourth-order valence-electron chi connectivity index (χ4n) is 5.30. The number of aryl methyl sites for hydroxylation is 1. The van der Waals surface area contributed by atoms with Crippen molar-refractivity contribution in [3.05, 3.63) is 105 Å². The predicted octanol–water partition coefficient (Wildman–Crippen LogP) is 4.66. The maximum atomic E-state index is 13.9. The molecule has 2 unspecified atom stereocenters. The summed E-state index contributed by atoms with van der Waals surface area (Å²) in [6.07, 6.45) is 0. The van der Waals surface area contributed by atoms with Gasteiger partial charge in [0.15, 0.2) is 0 Å². The lowest BCUT2D eigenvalue weighted by Crippen LogP contribution is -2.33. The van der Waals surface area contributed by atoms with Gasteiger partial charge in [-0.3, -0.25) is 23.7 Å². The van der Waals surface area contributed by atoms with Gasteiger partial charge >= 0.3 is 4.87 Å². The van der Waals surface area contributed by atoms with E-state index in [1.54, 1.807) is 49.6 Å². The summed E-state index contributed by atoms with van der Waals surface area (Å²) in [4.78, 5) is 55.6. The van der Waals surface area contributed by atoms with E-state index in [0.29, 0.717) is 27.0 Å². The summed E-state index contributed by atoms with van der Waals surface area (Å²) in [5, 5.41) is 2.69. The van der Waals surface area contributed by atoms with Gasteiger partial charge in [-0.25, -0.2) is 4.90 Å². The molecule has 0 spiro atoms. The molecule has 0 saturated carbocycles. The molecule has 0 radical (unpaired) electrons. The smallest absolute Gasteiger partial charge is 0.308 e. The Hall–Kier alpha value is -4.15. The number of thiazole rings is 1. The second kappa shape index (κ2) is 10.4. The summed E-state index contributed by atoms with van der Waals surface area (Å²) in [5.41, 5.74) is 2.89. The van der Waals surface area contributed by atoms with Crippen LogP contribution < -0.4 is 19.8 Å². The largest absolute Gasteiger partial charge is 0.497 e. The Morgan fingerprint density at radius 3 is 2.33 bits per heavy atom. The van der Waals surface area contributed by atoms with E-state index in [9.17, 15) is 19.2 Å². The molecule has 6 rings (SSSR count). The number of amides is 3. The van der Waals surface area contributed by atoms with E-state index in [2.05, 4.69) is 5.32 Å². The molecule has 40 heavy (non-hydrogen) atoms. The highest BCUT2D eigenvalue weighted by Gasteiger charge is 2.56. The number of methoxy groups -OCH3 is 1. The lowest BCUT2D eigenvalue weighted by molar-refractivity contribution is -0.122. The van der Waals surface area contributed by atoms with Gasteiger partial charge in [-0.05, 0) is 48.4 Å². The van der Waals surface area contributed by atoms with Crippen LogP contribution in [-0.2, 0) is 20.9 Å². The molecule has 1 aromatic heterocycles. The number of rotatable bonds is 6. The number of hydrogen-bond acceptors (Lipinski definition) is 7. The van der Waals surface area contributed by atoms with Crippen molar-refractivity contribution >= 4 is 52.2 Å². The Morgan fingerprint density at radius 1 is 0.925 bits per heavy atom. The van der Waals surface area contributed by atoms with Crippen LogP contribution in [0.1, 0.15) is 21.9 Å². The zero-order valence-corrected chi connectivity index (χ0v) is 23.3. The number of ether oxygens (including phenoxy) is 1. The van der Waals surface area contributed by atoms with Crippen molar-refractivity contribution in [2.75, 3.05) is 17.3 Å². The van der Waals surface area contributed by atoms with E-state index < -0.39 is 17.1 Å². The second-order valence-corrected chi connectivity index (χ2v) is 11.8. The van der Waals surface area contributed by atoms with Crippen molar-refractivity contribution in [3.8, 4) is 5.75 Å². The molecule has 2 aliphatic heterocycles. The van der Waals surface area contributed by atoms with Gasteiger partial charge in [0.2, 0.25) is 17.7 Å². The summed E-state index contributed by atoms with van der Waals surface area (Å²) in [6, 6.07) is 23.6. The van der Waals surface area contributed by atoms with Crippen LogP contribution in [0.4, 0.5) is 11.4 Å². The molecule has 3 amide bonds. The van der Waals surface area contributed by atoms with E-state index in [1.807, 2.05) is 43.3 Å². The van der Waals surface area contributed by atoms with Gasteiger partial charge in [-0.1, -0.05) is 71.6 Å². The molecule has 8 nitrogen and oxygen atoms in total. The lowest BCUT2D eigenvalue weighted by Gasteiger charge is -2.30. The number of nitrogens with one attached hydrogen (secondary N) is 1. The van der Waals surface area contributed by atoms with Crippen molar-refractivity contribution in [2.45, 2.75) is 29.7 Å². The van der Waals surface area contributed by atoms with Crippen LogP contribution in [0.5, 0.6) is 5.75 Å². The number of hydrogen-bond donors (Lipinski definition) is 1. The molecule has 10 heteroatoms. The Bertz CT molecular complexity index is 1680. The molecule has 1 saturated heterocycles. The monoisotopic (exact) mass is 571 g/mol. The van der Waals surface area contributed by atoms with E-state index in [4.69, 9.17) is 4.74 Å². The third kappa shape index (κ3) is 4.43. The summed E-state index contributed by atoms with van der Waals surface area (Å²) in [5.74, 6) is -1.55. The molecule has 0 bridgehead atoms. The third-order valence-electron chi connectivity index (χ3n) is 7.26. The first-order valence-corrected chi connectivity index (χ1v) is 14.4. The fourth-order valence-corrected chi connectivity index (χ4v) is 8.08. The normalized spacial score (nSPS) is 19.8. The zero-order valence-electron chi connectivity index (χ0n) is 21.7. The summed E-state index contributed by atoms with van der Waals surface area (Å²) in [6.45, 7) is 1.69. The molecule has 0 aliphatic carbocycles. The Balaban J connectivity index is 1.42. The third-order valence-corrected chi connectivity index (χ3v) is 9.86. The average molecular weight is 572 g/mol. The number of carbonyl (C=O) groups excluding carboxylic acids is 3. The molecule has 1 fully saturated rings. The van der Waals surface area contributed by atoms with Crippen molar-refractivity contribution in [2.24, 2.45) is 5.92 Å². The standard InChI is InChI=1S/C30H25N3O5S2/c1-17-8-6-7-11-21(17)31-22(34)16-32-29-26(40-30(32)37)23(18-12-14-20(38-2)15-13-18)24-25(39-29)28(36)33(27(24)35)19-9-4-3-5-10-19/h3-15,23-25H,16H2,1-2H3,(H,31,34)/t23-,24?,25?/m1/s1. The first-order valence-electron chi connectivity index (χ1n) is 12.7. The maximum absolute atomic E-state index is 13.9. The summed E-state index contributed by atoms with van der Waals surface area (Å²) < 4.78 is 6.75. The average Bonchev–Trinajstić information content (AvgIpc) is 3.41. The highest BCUT2D eigenvalue weighted by atomic mass is 32.2. The fraction of sp³-hybridized carbons (Fsp3) is 0.200. The van der Waals surface area contributed by atoms with E-state index >= 15 is 0 Å². The first-order chi connectivity index (χ1) is 19.4. The number of imide groups is 1. The van der Waals surface area contributed by atoms with Crippen LogP contribution in [0.2, 0.25) is 0 Å². The number of thioether (sulfide) groups is 1. The molecule has 3 heterocycles. The summed E-state index contributed by atoms with van der Waals surface area (Å²) in [7, 11) is 1.57. The van der Waals surface area contributed by atoms with Crippen LogP contribution in [0.25, 0.3) is 0 Å². The first kappa shape index (κ1) is 26.1. The minimum absolute atomic E-state index is 0.205. The van der Waals surface area contributed by atoms with Gasteiger partial charge < -0.3 is 10.1 Å².